The third-order valence-electron chi connectivity index (χ3n) is 4.51. The van der Waals surface area contributed by atoms with Crippen molar-refractivity contribution in [1.82, 2.24) is 4.31 Å². The first-order chi connectivity index (χ1) is 12.3. The van der Waals surface area contributed by atoms with Crippen molar-refractivity contribution in [2.45, 2.75) is 44.8 Å². The van der Waals surface area contributed by atoms with Crippen LogP contribution in [0.2, 0.25) is 0 Å². The maximum atomic E-state index is 12.5. The van der Waals surface area contributed by atoms with Gasteiger partial charge in [-0.3, -0.25) is 4.79 Å². The fourth-order valence-corrected chi connectivity index (χ4v) is 4.85. The monoisotopic (exact) mass is 384 g/mol. The molecule has 2 atom stereocenters. The Hall–Kier alpha value is -1.48. The van der Waals surface area contributed by atoms with Gasteiger partial charge in [-0.25, -0.2) is 8.42 Å². The molecule has 0 aliphatic carbocycles. The molecule has 1 saturated heterocycles. The van der Waals surface area contributed by atoms with Crippen LogP contribution in [0.4, 0.5) is 5.69 Å². The lowest BCUT2D eigenvalue weighted by Crippen LogP contribution is -3.16. The van der Waals surface area contributed by atoms with E-state index < -0.39 is 10.0 Å². The Morgan fingerprint density at radius 1 is 1.15 bits per heavy atom. The molecule has 1 aromatic carbocycles. The van der Waals surface area contributed by atoms with Crippen molar-refractivity contribution in [3.8, 4) is 0 Å². The average molecular weight is 385 g/mol. The topological polar surface area (TPSA) is 80.2 Å². The van der Waals surface area contributed by atoms with E-state index in [0.717, 1.165) is 13.1 Å². The molecule has 0 spiro atoms. The molecule has 1 aromatic rings. The Balaban J connectivity index is 1.97. The molecule has 0 aromatic heterocycles. The van der Waals surface area contributed by atoms with Crippen LogP contribution in [0.15, 0.2) is 29.2 Å². The number of hydrogen-bond donors (Lipinski definition) is 2. The van der Waals surface area contributed by atoms with Gasteiger partial charge in [0, 0.05) is 18.8 Å². The molecule has 0 saturated carbocycles. The number of sulfonamides is 1. The fourth-order valence-electron chi connectivity index (χ4n) is 3.39. The summed E-state index contributed by atoms with van der Waals surface area (Å²) in [4.78, 5) is 13.7. The number of benzene rings is 1. The van der Waals surface area contributed by atoms with Crippen LogP contribution in [0, 0.1) is 0 Å². The van der Waals surface area contributed by atoms with Crippen LogP contribution in [0.25, 0.3) is 0 Å². The van der Waals surface area contributed by atoms with Gasteiger partial charge in [0.1, 0.15) is 25.3 Å². The van der Waals surface area contributed by atoms with Crippen molar-refractivity contribution in [1.29, 1.82) is 0 Å². The van der Waals surface area contributed by atoms with E-state index in [1.54, 1.807) is 12.1 Å². The number of ether oxygens (including phenoxy) is 1. The van der Waals surface area contributed by atoms with Crippen molar-refractivity contribution in [2.75, 3.05) is 38.0 Å². The number of anilines is 1. The number of rotatable bonds is 7. The number of carbonyl (C=O) groups excluding carboxylic acids is 1. The molecule has 26 heavy (non-hydrogen) atoms. The van der Waals surface area contributed by atoms with Gasteiger partial charge in [-0.05, 0) is 38.1 Å². The highest BCUT2D eigenvalue weighted by Gasteiger charge is 2.27. The summed E-state index contributed by atoms with van der Waals surface area (Å²) in [6, 6.07) is 6.34. The summed E-state index contributed by atoms with van der Waals surface area (Å²) in [7, 11) is -3.48. The van der Waals surface area contributed by atoms with Crippen LogP contribution < -0.4 is 10.2 Å². The Bertz CT molecular complexity index is 692. The van der Waals surface area contributed by atoms with E-state index in [4.69, 9.17) is 4.74 Å². The Labute approximate surface area is 156 Å². The minimum atomic E-state index is -3.48. The summed E-state index contributed by atoms with van der Waals surface area (Å²) < 4.78 is 32.0. The van der Waals surface area contributed by atoms with Gasteiger partial charge in [0.2, 0.25) is 10.0 Å². The van der Waals surface area contributed by atoms with E-state index >= 15 is 0 Å². The summed E-state index contributed by atoms with van der Waals surface area (Å²) in [6.45, 7) is 10.5. The molecule has 7 nitrogen and oxygen atoms in total. The quantitative estimate of drug-likeness (QED) is 0.711. The van der Waals surface area contributed by atoms with Crippen LogP contribution in [-0.4, -0.2) is 63.6 Å². The molecule has 1 amide bonds. The maximum absolute atomic E-state index is 12.5. The predicted molar refractivity (Wildman–Crippen MR) is 101 cm³/mol. The maximum Gasteiger partial charge on any atom is 0.279 e. The van der Waals surface area contributed by atoms with Gasteiger partial charge in [0.05, 0.1) is 4.90 Å². The zero-order valence-electron chi connectivity index (χ0n) is 16.0. The van der Waals surface area contributed by atoms with Crippen LogP contribution in [-0.2, 0) is 19.6 Å². The second kappa shape index (κ2) is 8.94. The van der Waals surface area contributed by atoms with Gasteiger partial charge in [-0.15, -0.1) is 0 Å². The number of amides is 1. The van der Waals surface area contributed by atoms with E-state index in [-0.39, 0.29) is 23.0 Å². The average Bonchev–Trinajstić information content (AvgIpc) is 2.55. The minimum absolute atomic E-state index is 0.0827. The van der Waals surface area contributed by atoms with Crippen molar-refractivity contribution < 1.29 is 22.8 Å². The molecular weight excluding hydrogens is 354 g/mol. The number of nitrogens with one attached hydrogen (secondary N) is 2. The molecule has 0 bridgehead atoms. The lowest BCUT2D eigenvalue weighted by Gasteiger charge is -2.31. The Morgan fingerprint density at radius 3 is 2.19 bits per heavy atom. The molecule has 0 unspecified atom stereocenters. The highest BCUT2D eigenvalue weighted by molar-refractivity contribution is 7.89. The van der Waals surface area contributed by atoms with Crippen LogP contribution in [0.1, 0.15) is 27.7 Å². The van der Waals surface area contributed by atoms with Crippen LogP contribution in [0.5, 0.6) is 0 Å². The first-order valence-electron chi connectivity index (χ1n) is 9.15. The summed E-state index contributed by atoms with van der Waals surface area (Å²) in [5.74, 6) is -0.0827. The third kappa shape index (κ3) is 5.26. The van der Waals surface area contributed by atoms with Gasteiger partial charge < -0.3 is 15.0 Å². The molecular formula is C18H30N3O4S+. The van der Waals surface area contributed by atoms with E-state index in [9.17, 15) is 13.2 Å². The molecule has 146 valence electrons. The largest absolute Gasteiger partial charge is 0.364 e. The smallest absolute Gasteiger partial charge is 0.279 e. The molecule has 2 rings (SSSR count). The first kappa shape index (κ1) is 20.8. The third-order valence-corrected chi connectivity index (χ3v) is 6.57. The lowest BCUT2D eigenvalue weighted by molar-refractivity contribution is -0.907. The van der Waals surface area contributed by atoms with Crippen LogP contribution in [0.3, 0.4) is 0 Å². The molecule has 0 radical (unpaired) electrons. The van der Waals surface area contributed by atoms with Crippen LogP contribution >= 0.6 is 0 Å². The van der Waals surface area contributed by atoms with Gasteiger partial charge in [-0.1, -0.05) is 13.8 Å². The molecule has 2 N–H and O–H groups in total. The molecule has 1 aliphatic heterocycles. The summed E-state index contributed by atoms with van der Waals surface area (Å²) in [5.41, 5.74) is 0.599. The van der Waals surface area contributed by atoms with E-state index in [1.807, 2.05) is 27.7 Å². The molecule has 1 fully saturated rings. The SMILES string of the molecule is CCN(CC)S(=O)(=O)c1ccc(NC(=O)C[NH+]2C[C@H](C)O[C@@H](C)C2)cc1. The van der Waals surface area contributed by atoms with Crippen molar-refractivity contribution >= 4 is 21.6 Å². The fraction of sp³-hybridized carbons (Fsp3) is 0.611. The van der Waals surface area contributed by atoms with E-state index in [0.29, 0.717) is 25.3 Å². The first-order valence-corrected chi connectivity index (χ1v) is 10.6. The van der Waals surface area contributed by atoms with E-state index in [1.165, 1.54) is 21.3 Å². The van der Waals surface area contributed by atoms with Crippen molar-refractivity contribution in [3.63, 3.8) is 0 Å². The second-order valence-electron chi connectivity index (χ2n) is 6.75. The Morgan fingerprint density at radius 2 is 1.69 bits per heavy atom. The van der Waals surface area contributed by atoms with Crippen molar-refractivity contribution in [3.05, 3.63) is 24.3 Å². The molecule has 1 heterocycles. The summed E-state index contributed by atoms with van der Waals surface area (Å²) in [6.07, 6.45) is 0.289. The Kier molecular flexibility index (Phi) is 7.16. The van der Waals surface area contributed by atoms with Gasteiger partial charge >= 0.3 is 0 Å². The van der Waals surface area contributed by atoms with Crippen molar-refractivity contribution in [2.24, 2.45) is 0 Å². The number of quaternary nitrogens is 1. The van der Waals surface area contributed by atoms with Gasteiger partial charge in [-0.2, -0.15) is 4.31 Å². The number of hydrogen-bond acceptors (Lipinski definition) is 4. The summed E-state index contributed by atoms with van der Waals surface area (Å²) >= 11 is 0. The van der Waals surface area contributed by atoms with E-state index in [2.05, 4.69) is 5.32 Å². The highest BCUT2D eigenvalue weighted by atomic mass is 32.2. The van der Waals surface area contributed by atoms with Gasteiger partial charge in [0.15, 0.2) is 6.54 Å². The minimum Gasteiger partial charge on any atom is -0.364 e. The number of carbonyl (C=O) groups is 1. The standard InChI is InChI=1S/C18H29N3O4S/c1-5-21(6-2)26(23,24)17-9-7-16(8-10-17)19-18(22)13-20-11-14(3)25-15(4)12-20/h7-10,14-15H,5-6,11-13H2,1-4H3,(H,19,22)/p+1/t14-,15-/m0/s1. The van der Waals surface area contributed by atoms with Gasteiger partial charge in [0.25, 0.3) is 5.91 Å². The highest BCUT2D eigenvalue weighted by Crippen LogP contribution is 2.18. The zero-order valence-corrected chi connectivity index (χ0v) is 16.8. The zero-order chi connectivity index (χ0) is 19.3. The second-order valence-corrected chi connectivity index (χ2v) is 8.69. The lowest BCUT2D eigenvalue weighted by atomic mass is 10.2. The summed E-state index contributed by atoms with van der Waals surface area (Å²) in [5, 5.41) is 2.85. The number of morpholine rings is 1. The number of nitrogens with zero attached hydrogens (tertiary/aromatic N) is 1. The predicted octanol–water partition coefficient (Wildman–Crippen LogP) is 0.348. The molecule has 8 heteroatoms. The normalized spacial score (nSPS) is 23.8. The molecule has 1 aliphatic rings.